The Bertz CT molecular complexity index is 2550. The third-order valence-electron chi connectivity index (χ3n) is 9.22. The van der Waals surface area contributed by atoms with Gasteiger partial charge in [-0.05, 0) is 55.4 Å². The van der Waals surface area contributed by atoms with Crippen molar-refractivity contribution in [2.24, 2.45) is 0 Å². The minimum Gasteiger partial charge on any atom is -0.264 e. The lowest BCUT2D eigenvalue weighted by atomic mass is 9.83. The fourth-order valence-electron chi connectivity index (χ4n) is 6.93. The first-order valence-corrected chi connectivity index (χ1v) is 16.7. The molecule has 2 aromatic heterocycles. The molecular formula is C46H30N4. The van der Waals surface area contributed by atoms with E-state index in [1.165, 1.54) is 43.8 Å². The largest absolute Gasteiger partial charge is 0.264 e. The first-order chi connectivity index (χ1) is 24.8. The molecule has 234 valence electrons. The highest BCUT2D eigenvalue weighted by Crippen LogP contribution is 2.47. The molecule has 0 aliphatic heterocycles. The number of benzene rings is 7. The summed E-state index contributed by atoms with van der Waals surface area (Å²) in [4.78, 5) is 19.3. The normalized spacial score (nSPS) is 11.2. The van der Waals surface area contributed by atoms with Crippen LogP contribution in [0, 0.1) is 0 Å². The third kappa shape index (κ3) is 5.29. The molecule has 0 saturated carbocycles. The number of pyridine rings is 1. The molecule has 0 bridgehead atoms. The van der Waals surface area contributed by atoms with Crippen molar-refractivity contribution >= 4 is 21.5 Å². The van der Waals surface area contributed by atoms with Crippen LogP contribution in [-0.4, -0.2) is 19.9 Å². The molecule has 0 aliphatic rings. The molecule has 0 unspecified atom stereocenters. The molecule has 0 N–H and O–H groups in total. The van der Waals surface area contributed by atoms with Gasteiger partial charge in [-0.15, -0.1) is 0 Å². The fraction of sp³-hybridized carbons (Fsp3) is 0. The quantitative estimate of drug-likeness (QED) is 0.170. The van der Waals surface area contributed by atoms with Gasteiger partial charge in [0.25, 0.3) is 0 Å². The van der Waals surface area contributed by atoms with Crippen LogP contribution in [0.25, 0.3) is 89.1 Å². The molecule has 0 amide bonds. The second-order valence-corrected chi connectivity index (χ2v) is 12.2. The van der Waals surface area contributed by atoms with Crippen LogP contribution in [0.1, 0.15) is 0 Å². The zero-order valence-electron chi connectivity index (χ0n) is 27.1. The van der Waals surface area contributed by atoms with E-state index in [2.05, 4.69) is 108 Å². The molecule has 9 aromatic rings. The lowest BCUT2D eigenvalue weighted by molar-refractivity contribution is 1.07. The van der Waals surface area contributed by atoms with E-state index in [-0.39, 0.29) is 0 Å². The number of hydrogen-bond acceptors (Lipinski definition) is 4. The van der Waals surface area contributed by atoms with Crippen molar-refractivity contribution in [1.82, 2.24) is 19.9 Å². The van der Waals surface area contributed by atoms with Gasteiger partial charge >= 0.3 is 0 Å². The monoisotopic (exact) mass is 638 g/mol. The Balaban J connectivity index is 1.26. The number of fused-ring (bicyclic) bond motifs is 3. The maximum atomic E-state index is 4.97. The van der Waals surface area contributed by atoms with Gasteiger partial charge in [0.05, 0.1) is 0 Å². The highest BCUT2D eigenvalue weighted by Gasteiger charge is 2.20. The van der Waals surface area contributed by atoms with Crippen LogP contribution in [-0.2, 0) is 0 Å². The SMILES string of the molecule is c1ccc(-c2nc(-c3ccccc3)nc(-c3ccc(-c4c(-c5ccccc5)c5cccc(-c6cccnc6)c5c5ccccc45)cc3)n2)cc1. The van der Waals surface area contributed by atoms with Crippen molar-refractivity contribution in [2.75, 3.05) is 0 Å². The molecular weight excluding hydrogens is 609 g/mol. The predicted molar refractivity (Wildman–Crippen MR) is 205 cm³/mol. The van der Waals surface area contributed by atoms with Gasteiger partial charge < -0.3 is 0 Å². The summed E-state index contributed by atoms with van der Waals surface area (Å²) in [5.41, 5.74) is 9.79. The highest BCUT2D eigenvalue weighted by molar-refractivity contribution is 6.25. The van der Waals surface area contributed by atoms with Crippen LogP contribution in [0.2, 0.25) is 0 Å². The summed E-state index contributed by atoms with van der Waals surface area (Å²) >= 11 is 0. The van der Waals surface area contributed by atoms with Gasteiger partial charge in [-0.2, -0.15) is 0 Å². The van der Waals surface area contributed by atoms with E-state index >= 15 is 0 Å². The number of hydrogen-bond donors (Lipinski definition) is 0. The smallest absolute Gasteiger partial charge is 0.164 e. The van der Waals surface area contributed by atoms with Crippen molar-refractivity contribution < 1.29 is 0 Å². The third-order valence-corrected chi connectivity index (χ3v) is 9.22. The van der Waals surface area contributed by atoms with E-state index in [1.807, 2.05) is 79.1 Å². The van der Waals surface area contributed by atoms with E-state index in [4.69, 9.17) is 15.0 Å². The van der Waals surface area contributed by atoms with Crippen LogP contribution < -0.4 is 0 Å². The molecule has 0 radical (unpaired) electrons. The van der Waals surface area contributed by atoms with Gasteiger partial charge in [-0.25, -0.2) is 15.0 Å². The van der Waals surface area contributed by atoms with Gasteiger partial charge in [0.1, 0.15) is 0 Å². The van der Waals surface area contributed by atoms with Crippen LogP contribution in [0.4, 0.5) is 0 Å². The van der Waals surface area contributed by atoms with E-state index in [0.29, 0.717) is 17.5 Å². The highest BCUT2D eigenvalue weighted by atomic mass is 15.0. The van der Waals surface area contributed by atoms with E-state index in [0.717, 1.165) is 27.8 Å². The lowest BCUT2D eigenvalue weighted by Crippen LogP contribution is -2.00. The molecule has 0 saturated heterocycles. The molecule has 0 fully saturated rings. The van der Waals surface area contributed by atoms with Gasteiger partial charge in [-0.1, -0.05) is 164 Å². The van der Waals surface area contributed by atoms with Gasteiger partial charge in [0.2, 0.25) is 0 Å². The summed E-state index contributed by atoms with van der Waals surface area (Å²) in [6, 6.07) is 59.1. The van der Waals surface area contributed by atoms with Crippen molar-refractivity contribution in [2.45, 2.75) is 0 Å². The molecule has 4 heteroatoms. The molecule has 7 aromatic carbocycles. The van der Waals surface area contributed by atoms with Crippen molar-refractivity contribution in [1.29, 1.82) is 0 Å². The summed E-state index contributed by atoms with van der Waals surface area (Å²) in [6.45, 7) is 0. The number of rotatable bonds is 6. The van der Waals surface area contributed by atoms with Crippen LogP contribution in [0.3, 0.4) is 0 Å². The average Bonchev–Trinajstić information content (AvgIpc) is 3.21. The van der Waals surface area contributed by atoms with Gasteiger partial charge in [0.15, 0.2) is 17.5 Å². The zero-order chi connectivity index (χ0) is 33.3. The summed E-state index contributed by atoms with van der Waals surface area (Å²) < 4.78 is 0. The molecule has 4 nitrogen and oxygen atoms in total. The first kappa shape index (κ1) is 29.4. The molecule has 0 aliphatic carbocycles. The van der Waals surface area contributed by atoms with Crippen LogP contribution in [0.15, 0.2) is 182 Å². The van der Waals surface area contributed by atoms with E-state index < -0.39 is 0 Å². The van der Waals surface area contributed by atoms with Crippen molar-refractivity contribution in [3.8, 4) is 67.5 Å². The fourth-order valence-corrected chi connectivity index (χ4v) is 6.93. The topological polar surface area (TPSA) is 51.6 Å². The Hall–Kier alpha value is -6.78. The standard InChI is InChI=1S/C46H30N4/c1-4-14-31(15-5-1)42-40-24-12-23-37(36-20-13-29-47-30-36)43(40)39-22-11-10-21-38(39)41(42)32-25-27-35(28-26-32)46-49-44(33-16-6-2-7-17-33)48-45(50-46)34-18-8-3-9-19-34/h1-30H. The Kier molecular flexibility index (Phi) is 7.45. The second kappa shape index (κ2) is 12.7. The summed E-state index contributed by atoms with van der Waals surface area (Å²) in [7, 11) is 0. The molecule has 2 heterocycles. The van der Waals surface area contributed by atoms with Crippen LogP contribution in [0.5, 0.6) is 0 Å². The lowest BCUT2D eigenvalue weighted by Gasteiger charge is -2.20. The Morgan fingerprint density at radius 3 is 1.32 bits per heavy atom. The minimum absolute atomic E-state index is 0.636. The van der Waals surface area contributed by atoms with Crippen molar-refractivity contribution in [3.05, 3.63) is 182 Å². The molecule has 50 heavy (non-hydrogen) atoms. The van der Waals surface area contributed by atoms with Gasteiger partial charge in [-0.3, -0.25) is 4.98 Å². The Morgan fingerprint density at radius 1 is 0.300 bits per heavy atom. The average molecular weight is 639 g/mol. The Morgan fingerprint density at radius 2 is 0.740 bits per heavy atom. The number of nitrogens with zero attached hydrogens (tertiary/aromatic N) is 4. The summed E-state index contributed by atoms with van der Waals surface area (Å²) in [6.07, 6.45) is 3.78. The predicted octanol–water partition coefficient (Wildman–Crippen LogP) is 11.6. The second-order valence-electron chi connectivity index (χ2n) is 12.2. The van der Waals surface area contributed by atoms with E-state index in [1.54, 1.807) is 0 Å². The summed E-state index contributed by atoms with van der Waals surface area (Å²) in [5, 5.41) is 4.83. The molecule has 9 rings (SSSR count). The van der Waals surface area contributed by atoms with Gasteiger partial charge in [0, 0.05) is 34.6 Å². The zero-order valence-corrected chi connectivity index (χ0v) is 27.1. The molecule has 0 spiro atoms. The molecule has 0 atom stereocenters. The first-order valence-electron chi connectivity index (χ1n) is 16.7. The van der Waals surface area contributed by atoms with Crippen LogP contribution >= 0.6 is 0 Å². The van der Waals surface area contributed by atoms with Crippen molar-refractivity contribution in [3.63, 3.8) is 0 Å². The maximum absolute atomic E-state index is 4.97. The van der Waals surface area contributed by atoms with E-state index in [9.17, 15) is 0 Å². The maximum Gasteiger partial charge on any atom is 0.164 e. The minimum atomic E-state index is 0.636. The summed E-state index contributed by atoms with van der Waals surface area (Å²) in [5.74, 6) is 1.93. The number of aromatic nitrogens is 4. The Labute approximate surface area is 290 Å².